The van der Waals surface area contributed by atoms with Crippen LogP contribution in [0.1, 0.15) is 0 Å². The van der Waals surface area contributed by atoms with Crippen LogP contribution in [0.25, 0.3) is 0 Å². The number of rotatable bonds is 3. The summed E-state index contributed by atoms with van der Waals surface area (Å²) in [6.45, 7) is 5.47. The molecule has 2 N–H and O–H groups in total. The second kappa shape index (κ2) is 9.91. The van der Waals surface area contributed by atoms with Crippen molar-refractivity contribution in [2.24, 2.45) is 0 Å². The molecule has 0 atom stereocenters. The number of carboxylic acids is 1. The first-order valence-electron chi connectivity index (χ1n) is 2.75. The Balaban J connectivity index is 0. The Labute approximate surface area is 79.4 Å². The Bertz CT molecular complexity index is 207. The molecule has 0 fully saturated rings. The fourth-order valence-corrected chi connectivity index (χ4v) is 0.529. The van der Waals surface area contributed by atoms with E-state index in [1.54, 1.807) is 0 Å². The molecule has 0 unspecified atom stereocenters. The van der Waals surface area contributed by atoms with E-state index >= 15 is 0 Å². The molecule has 62 valence electrons. The SMILES string of the molecule is O=[C-]O.[CH-]=C/C=C\[C](=[Zn])C(=O)O. The molecule has 0 aliphatic carbocycles. The summed E-state index contributed by atoms with van der Waals surface area (Å²) in [4.78, 5) is 18.3. The van der Waals surface area contributed by atoms with E-state index in [1.165, 1.54) is 18.2 Å². The molecule has 0 spiro atoms. The van der Waals surface area contributed by atoms with Crippen LogP contribution in [0.15, 0.2) is 18.2 Å². The van der Waals surface area contributed by atoms with E-state index in [0.29, 0.717) is 28.4 Å². The third-order valence-corrected chi connectivity index (χ3v) is 1.81. The van der Waals surface area contributed by atoms with Crippen molar-refractivity contribution in [2.75, 3.05) is 0 Å². The molecule has 0 aromatic rings. The second-order valence-electron chi connectivity index (χ2n) is 1.47. The Morgan fingerprint density at radius 3 is 2.25 bits per heavy atom. The van der Waals surface area contributed by atoms with E-state index in [0.717, 1.165) is 0 Å². The van der Waals surface area contributed by atoms with Gasteiger partial charge in [0, 0.05) is 0 Å². The Morgan fingerprint density at radius 1 is 1.58 bits per heavy atom. The van der Waals surface area contributed by atoms with Crippen molar-refractivity contribution in [1.82, 2.24) is 0 Å². The predicted molar refractivity (Wildman–Crippen MR) is 39.0 cm³/mol. The molecule has 0 aromatic carbocycles. The van der Waals surface area contributed by atoms with Crippen molar-refractivity contribution in [2.45, 2.75) is 0 Å². The number of hydrogen-bond acceptors (Lipinski definition) is 2. The van der Waals surface area contributed by atoms with E-state index < -0.39 is 5.97 Å². The molecule has 4 nitrogen and oxygen atoms in total. The number of carbonyl (C=O) groups is 1. The fourth-order valence-electron chi connectivity index (χ4n) is 0.243. The molecule has 12 heavy (non-hydrogen) atoms. The van der Waals surface area contributed by atoms with Gasteiger partial charge in [-0.2, -0.15) is 0 Å². The molecule has 0 aromatic heterocycles. The average molecular weight is 220 g/mol. The van der Waals surface area contributed by atoms with E-state index in [-0.39, 0.29) is 0 Å². The van der Waals surface area contributed by atoms with Crippen molar-refractivity contribution < 1.29 is 37.7 Å². The predicted octanol–water partition coefficient (Wildman–Crippen LogP) is -0.0528. The van der Waals surface area contributed by atoms with E-state index in [9.17, 15) is 4.79 Å². The zero-order valence-corrected chi connectivity index (χ0v) is 9.19. The molecule has 0 radical (unpaired) electrons. The summed E-state index contributed by atoms with van der Waals surface area (Å²) in [6.07, 6.45) is 4.30. The molecule has 5 heteroatoms. The molecule has 0 saturated carbocycles. The van der Waals surface area contributed by atoms with Crippen molar-refractivity contribution in [1.29, 1.82) is 0 Å². The minimum atomic E-state index is -0.867. The third-order valence-electron chi connectivity index (χ3n) is 0.683. The van der Waals surface area contributed by atoms with Gasteiger partial charge in [-0.3, -0.25) is 0 Å². The first kappa shape index (κ1) is 13.5. The number of carboxylic acid groups (broad SMARTS) is 1. The standard InChI is InChI=1S/C6H5O2.CHO2.Zn/c1-2-3-4-5-6(7)8;2-1-3;/h1-4H,(H,7,8);(H,2,3);/q2*-1;/b4-3-;;. The molecule has 0 heterocycles. The second-order valence-corrected chi connectivity index (χ2v) is 3.07. The van der Waals surface area contributed by atoms with Crippen LogP contribution in [-0.2, 0) is 27.4 Å². The van der Waals surface area contributed by atoms with Crippen molar-refractivity contribution in [3.05, 3.63) is 24.8 Å². The van der Waals surface area contributed by atoms with Gasteiger partial charge in [0.05, 0.1) is 0 Å². The molecule has 0 amide bonds. The zero-order chi connectivity index (χ0) is 9.98. The molecular weight excluding hydrogens is 213 g/mol. The summed E-state index contributed by atoms with van der Waals surface area (Å²) >= 11 is 0.639. The number of allylic oxidation sites excluding steroid dienone is 2. The first-order chi connectivity index (χ1) is 5.59. The third kappa shape index (κ3) is 11.7. The topological polar surface area (TPSA) is 74.6 Å². The molecule has 0 aliphatic heterocycles. The average Bonchev–Trinajstić information content (AvgIpc) is 2.01. The summed E-state index contributed by atoms with van der Waals surface area (Å²) < 4.78 is 0.400. The first-order valence-corrected chi connectivity index (χ1v) is 4.23. The molecular formula is C7H6O4Zn-2. The summed E-state index contributed by atoms with van der Waals surface area (Å²) in [5.41, 5.74) is 0. The Morgan fingerprint density at radius 2 is 2.00 bits per heavy atom. The Kier molecular flexibility index (Phi) is 11.2. The zero-order valence-electron chi connectivity index (χ0n) is 6.23. The normalized spacial score (nSPS) is 8.17. The van der Waals surface area contributed by atoms with Crippen LogP contribution in [-0.4, -0.2) is 26.8 Å². The van der Waals surface area contributed by atoms with Gasteiger partial charge in [0.15, 0.2) is 0 Å². The Hall–Kier alpha value is -1.09. The van der Waals surface area contributed by atoms with Crippen LogP contribution < -0.4 is 0 Å². The maximum absolute atomic E-state index is 10.1. The summed E-state index contributed by atoms with van der Waals surface area (Å²) in [5.74, 6) is -0.867. The summed E-state index contributed by atoms with van der Waals surface area (Å²) in [5, 5.41) is 15.1. The van der Waals surface area contributed by atoms with E-state index in [4.69, 9.17) is 21.6 Å². The van der Waals surface area contributed by atoms with E-state index in [1.807, 2.05) is 0 Å². The number of aliphatic hydroxyl groups excluding tert-OH is 1. The van der Waals surface area contributed by atoms with Gasteiger partial charge in [-0.15, -0.1) is 0 Å². The maximum atomic E-state index is 10.1. The van der Waals surface area contributed by atoms with Crippen LogP contribution in [0, 0.1) is 6.58 Å². The fraction of sp³-hybridized carbons (Fsp3) is 0. The van der Waals surface area contributed by atoms with Crippen LogP contribution in [0.5, 0.6) is 0 Å². The van der Waals surface area contributed by atoms with Gasteiger partial charge in [-0.05, 0) is 0 Å². The van der Waals surface area contributed by atoms with Gasteiger partial charge >= 0.3 is 62.6 Å². The van der Waals surface area contributed by atoms with Gasteiger partial charge in [-0.25, -0.2) is 0 Å². The van der Waals surface area contributed by atoms with Gasteiger partial charge in [0.1, 0.15) is 0 Å². The van der Waals surface area contributed by atoms with Crippen molar-refractivity contribution in [3.63, 3.8) is 0 Å². The van der Waals surface area contributed by atoms with E-state index in [2.05, 4.69) is 0 Å². The molecule has 0 aliphatic rings. The van der Waals surface area contributed by atoms with Gasteiger partial charge in [0.25, 0.3) is 0 Å². The summed E-state index contributed by atoms with van der Waals surface area (Å²) in [7, 11) is 0. The molecule has 0 rings (SSSR count). The van der Waals surface area contributed by atoms with Crippen molar-refractivity contribution in [3.8, 4) is 0 Å². The quantitative estimate of drug-likeness (QED) is 0.396. The van der Waals surface area contributed by atoms with Gasteiger partial charge in [-0.1, -0.05) is 6.47 Å². The number of hydrogen-bond donors (Lipinski definition) is 2. The van der Waals surface area contributed by atoms with Crippen LogP contribution in [0.3, 0.4) is 0 Å². The monoisotopic (exact) mass is 218 g/mol. The minimum absolute atomic E-state index is 0.400. The van der Waals surface area contributed by atoms with Gasteiger partial charge in [0.2, 0.25) is 0 Å². The molecule has 0 bridgehead atoms. The molecule has 0 saturated heterocycles. The van der Waals surface area contributed by atoms with Gasteiger partial charge < -0.3 is 9.90 Å². The number of aliphatic carboxylic acids is 1. The van der Waals surface area contributed by atoms with Crippen LogP contribution in [0.4, 0.5) is 0 Å². The van der Waals surface area contributed by atoms with Crippen LogP contribution in [0.2, 0.25) is 0 Å². The van der Waals surface area contributed by atoms with Crippen LogP contribution >= 0.6 is 0 Å². The summed E-state index contributed by atoms with van der Waals surface area (Å²) in [6, 6.07) is 0. The van der Waals surface area contributed by atoms with Crippen molar-refractivity contribution >= 4 is 16.5 Å².